The molecular formula is C20H28N2O4. The quantitative estimate of drug-likeness (QED) is 0.537. The summed E-state index contributed by atoms with van der Waals surface area (Å²) >= 11 is 0. The molecule has 1 fully saturated rings. The first kappa shape index (κ1) is 20.1. The van der Waals surface area contributed by atoms with Crippen molar-refractivity contribution in [2.75, 3.05) is 26.3 Å². The third-order valence-corrected chi connectivity index (χ3v) is 4.47. The molecule has 0 saturated carbocycles. The van der Waals surface area contributed by atoms with Gasteiger partial charge in [0.05, 0.1) is 13.2 Å². The Hall–Kier alpha value is -2.21. The van der Waals surface area contributed by atoms with Crippen LogP contribution in [-0.4, -0.2) is 54.8 Å². The molecule has 0 spiro atoms. The second-order valence-electron chi connectivity index (χ2n) is 6.53. The number of rotatable bonds is 9. The Morgan fingerprint density at radius 1 is 1.12 bits per heavy atom. The molecule has 1 saturated heterocycles. The summed E-state index contributed by atoms with van der Waals surface area (Å²) in [5.74, 6) is -1.28. The van der Waals surface area contributed by atoms with E-state index in [4.69, 9.17) is 4.74 Å². The fraction of sp³-hybridized carbons (Fsp3) is 0.550. The van der Waals surface area contributed by atoms with Crippen LogP contribution in [0.2, 0.25) is 0 Å². The van der Waals surface area contributed by atoms with Gasteiger partial charge in [0, 0.05) is 25.9 Å². The molecule has 1 heterocycles. The molecule has 1 N–H and O–H groups in total. The lowest BCUT2D eigenvalue weighted by Crippen LogP contribution is -2.53. The molecule has 1 aromatic rings. The fourth-order valence-corrected chi connectivity index (χ4v) is 2.94. The van der Waals surface area contributed by atoms with Crippen LogP contribution in [0.15, 0.2) is 30.3 Å². The van der Waals surface area contributed by atoms with Gasteiger partial charge in [-0.25, -0.2) is 0 Å². The summed E-state index contributed by atoms with van der Waals surface area (Å²) in [6.45, 7) is 4.04. The lowest BCUT2D eigenvalue weighted by molar-refractivity contribution is -0.143. The summed E-state index contributed by atoms with van der Waals surface area (Å²) in [6.07, 6.45) is 3.19. The van der Waals surface area contributed by atoms with E-state index in [0.29, 0.717) is 39.1 Å². The first-order valence-corrected chi connectivity index (χ1v) is 9.36. The lowest BCUT2D eigenvalue weighted by Gasteiger charge is -2.30. The molecule has 0 aliphatic carbocycles. The monoisotopic (exact) mass is 360 g/mol. The number of ether oxygens (including phenoxy) is 1. The molecule has 6 heteroatoms. The molecule has 1 atom stereocenters. The van der Waals surface area contributed by atoms with E-state index in [1.165, 1.54) is 0 Å². The van der Waals surface area contributed by atoms with E-state index in [2.05, 4.69) is 5.32 Å². The number of hydrogen-bond acceptors (Lipinski definition) is 4. The topological polar surface area (TPSA) is 75.7 Å². The highest BCUT2D eigenvalue weighted by atomic mass is 16.5. The minimum atomic E-state index is -0.738. The molecule has 2 rings (SSSR count). The van der Waals surface area contributed by atoms with Crippen molar-refractivity contribution >= 4 is 17.6 Å². The number of carbonyl (C=O) groups excluding carboxylic acids is 3. The van der Waals surface area contributed by atoms with Crippen LogP contribution in [0.1, 0.15) is 38.2 Å². The first-order valence-electron chi connectivity index (χ1n) is 9.36. The van der Waals surface area contributed by atoms with Crippen LogP contribution in [0.25, 0.3) is 0 Å². The van der Waals surface area contributed by atoms with Gasteiger partial charge in [0.25, 0.3) is 5.91 Å². The van der Waals surface area contributed by atoms with Crippen molar-refractivity contribution in [3.8, 4) is 0 Å². The molecule has 1 aliphatic rings. The van der Waals surface area contributed by atoms with Crippen LogP contribution in [0.4, 0.5) is 0 Å². The Labute approximate surface area is 154 Å². The Morgan fingerprint density at radius 2 is 1.81 bits per heavy atom. The van der Waals surface area contributed by atoms with E-state index >= 15 is 0 Å². The van der Waals surface area contributed by atoms with Crippen molar-refractivity contribution in [1.82, 2.24) is 10.2 Å². The van der Waals surface area contributed by atoms with Gasteiger partial charge in [0.15, 0.2) is 0 Å². The van der Waals surface area contributed by atoms with Crippen LogP contribution in [0.3, 0.4) is 0 Å². The number of carbonyl (C=O) groups is 3. The lowest BCUT2D eigenvalue weighted by atomic mass is 10.0. The minimum absolute atomic E-state index is 0.160. The van der Waals surface area contributed by atoms with Gasteiger partial charge in [-0.1, -0.05) is 50.1 Å². The van der Waals surface area contributed by atoms with Crippen molar-refractivity contribution in [2.45, 2.75) is 45.1 Å². The predicted molar refractivity (Wildman–Crippen MR) is 98.6 cm³/mol. The Kier molecular flexibility index (Phi) is 8.28. The maximum Gasteiger partial charge on any atom is 0.288 e. The fourth-order valence-electron chi connectivity index (χ4n) is 2.94. The summed E-state index contributed by atoms with van der Waals surface area (Å²) in [5, 5.41) is 2.67. The van der Waals surface area contributed by atoms with E-state index in [1.807, 2.05) is 37.3 Å². The van der Waals surface area contributed by atoms with E-state index in [1.54, 1.807) is 4.90 Å². The molecule has 1 aliphatic heterocycles. The van der Waals surface area contributed by atoms with Crippen molar-refractivity contribution in [3.05, 3.63) is 35.9 Å². The standard InChI is InChI=1S/C20H28N2O4/c1-2-3-5-10-18(23)19(24)21-17(15-16-8-6-4-7-9-16)20(25)22-11-13-26-14-12-22/h4,6-9,17H,2-3,5,10-15H2,1H3,(H,21,24). The summed E-state index contributed by atoms with van der Waals surface area (Å²) in [4.78, 5) is 38.9. The highest BCUT2D eigenvalue weighted by Gasteiger charge is 2.29. The number of morpholine rings is 1. The maximum atomic E-state index is 12.9. The predicted octanol–water partition coefficient (Wildman–Crippen LogP) is 1.72. The molecular weight excluding hydrogens is 332 g/mol. The molecule has 0 bridgehead atoms. The van der Waals surface area contributed by atoms with Gasteiger partial charge in [-0.3, -0.25) is 14.4 Å². The van der Waals surface area contributed by atoms with Gasteiger partial charge in [-0.05, 0) is 12.0 Å². The summed E-state index contributed by atoms with van der Waals surface area (Å²) < 4.78 is 5.29. The largest absolute Gasteiger partial charge is 0.378 e. The van der Waals surface area contributed by atoms with Gasteiger partial charge in [0.2, 0.25) is 11.7 Å². The molecule has 142 valence electrons. The second-order valence-corrected chi connectivity index (χ2v) is 6.53. The maximum absolute atomic E-state index is 12.9. The normalized spacial score (nSPS) is 15.3. The van der Waals surface area contributed by atoms with Crippen molar-refractivity contribution in [1.29, 1.82) is 0 Å². The summed E-state index contributed by atoms with van der Waals surface area (Å²) in [7, 11) is 0. The second kappa shape index (κ2) is 10.7. The van der Waals surface area contributed by atoms with Crippen LogP contribution >= 0.6 is 0 Å². The van der Waals surface area contributed by atoms with E-state index in [9.17, 15) is 14.4 Å². The zero-order valence-electron chi connectivity index (χ0n) is 15.4. The number of Topliss-reactive ketones (excluding diaryl/α,β-unsaturated/α-hetero) is 1. The van der Waals surface area contributed by atoms with Gasteiger partial charge >= 0.3 is 0 Å². The van der Waals surface area contributed by atoms with Gasteiger partial charge in [0.1, 0.15) is 6.04 Å². The van der Waals surface area contributed by atoms with Gasteiger partial charge in [-0.15, -0.1) is 0 Å². The van der Waals surface area contributed by atoms with Crippen molar-refractivity contribution in [3.63, 3.8) is 0 Å². The van der Waals surface area contributed by atoms with Crippen molar-refractivity contribution < 1.29 is 19.1 Å². The number of unbranched alkanes of at least 4 members (excludes halogenated alkanes) is 2. The highest BCUT2D eigenvalue weighted by molar-refractivity contribution is 6.36. The van der Waals surface area contributed by atoms with Crippen LogP contribution in [0, 0.1) is 0 Å². The Bertz CT molecular complexity index is 597. The zero-order chi connectivity index (χ0) is 18.8. The molecule has 26 heavy (non-hydrogen) atoms. The average molecular weight is 360 g/mol. The number of ketones is 1. The van der Waals surface area contributed by atoms with E-state index < -0.39 is 17.7 Å². The molecule has 0 aromatic heterocycles. The van der Waals surface area contributed by atoms with Crippen molar-refractivity contribution in [2.24, 2.45) is 0 Å². The summed E-state index contributed by atoms with van der Waals surface area (Å²) in [5.41, 5.74) is 0.942. The number of nitrogens with one attached hydrogen (secondary N) is 1. The SMILES string of the molecule is CCCCCC(=O)C(=O)NC(Cc1ccccc1)C(=O)N1CCOCC1. The van der Waals surface area contributed by atoms with E-state index in [0.717, 1.165) is 18.4 Å². The van der Waals surface area contributed by atoms with E-state index in [-0.39, 0.29) is 12.3 Å². The number of nitrogens with zero attached hydrogens (tertiary/aromatic N) is 1. The molecule has 1 unspecified atom stereocenters. The Balaban J connectivity index is 2.03. The molecule has 2 amide bonds. The number of benzene rings is 1. The molecule has 6 nitrogen and oxygen atoms in total. The zero-order valence-corrected chi connectivity index (χ0v) is 15.4. The number of amides is 2. The first-order chi connectivity index (χ1) is 12.6. The van der Waals surface area contributed by atoms with Crippen LogP contribution in [0.5, 0.6) is 0 Å². The highest BCUT2D eigenvalue weighted by Crippen LogP contribution is 2.09. The summed E-state index contributed by atoms with van der Waals surface area (Å²) in [6, 6.07) is 8.77. The number of hydrogen-bond donors (Lipinski definition) is 1. The molecule has 1 aromatic carbocycles. The Morgan fingerprint density at radius 3 is 2.46 bits per heavy atom. The average Bonchev–Trinajstić information content (AvgIpc) is 2.68. The van der Waals surface area contributed by atoms with Crippen LogP contribution < -0.4 is 5.32 Å². The van der Waals surface area contributed by atoms with Gasteiger partial charge < -0.3 is 15.0 Å². The van der Waals surface area contributed by atoms with Crippen LogP contribution in [-0.2, 0) is 25.5 Å². The third-order valence-electron chi connectivity index (χ3n) is 4.47. The molecule has 0 radical (unpaired) electrons. The van der Waals surface area contributed by atoms with Gasteiger partial charge in [-0.2, -0.15) is 0 Å². The smallest absolute Gasteiger partial charge is 0.288 e. The third kappa shape index (κ3) is 6.26. The minimum Gasteiger partial charge on any atom is -0.378 e.